The molecule has 1 N–H and O–H groups in total. The topological polar surface area (TPSA) is 62.3 Å². The molecule has 1 aromatic heterocycles. The molecule has 0 amide bonds. The lowest BCUT2D eigenvalue weighted by Crippen LogP contribution is -2.40. The van der Waals surface area contributed by atoms with Crippen molar-refractivity contribution >= 4 is 39.7 Å². The molecule has 2 fully saturated rings. The molecule has 8 nitrogen and oxygen atoms in total. The Morgan fingerprint density at radius 2 is 1.59 bits per heavy atom. The monoisotopic (exact) mass is 593 g/mol. The van der Waals surface area contributed by atoms with E-state index in [1.807, 2.05) is 29.2 Å². The minimum atomic E-state index is -4.75. The molecule has 12 heteroatoms. The normalized spacial score (nSPS) is 17.1. The quantitative estimate of drug-likeness (QED) is 0.297. The van der Waals surface area contributed by atoms with Crippen molar-refractivity contribution in [2.45, 2.75) is 12.8 Å². The van der Waals surface area contributed by atoms with Gasteiger partial charge in [-0.25, -0.2) is 4.98 Å². The van der Waals surface area contributed by atoms with Crippen molar-refractivity contribution in [2.75, 3.05) is 89.0 Å². The third kappa shape index (κ3) is 8.36. The van der Waals surface area contributed by atoms with E-state index in [0.29, 0.717) is 41.8 Å². The standard InChI is InChI=1S/C29H35ClF3N5O3/c30-25-4-1-3-24-26(34-9-2-10-36-13-17-39-18-14-36)21-27(35-28(24)25)38(12-11-37-15-19-40-20-16-37)22-5-7-23(8-6-22)41-29(31,32)33/h1,3-8,21H,2,9-20H2,(H,34,35). The molecule has 3 heterocycles. The van der Waals surface area contributed by atoms with Gasteiger partial charge in [-0.3, -0.25) is 9.80 Å². The van der Waals surface area contributed by atoms with Crippen molar-refractivity contribution in [1.82, 2.24) is 14.8 Å². The molecule has 222 valence electrons. The molecule has 2 aliphatic heterocycles. The molecular weight excluding hydrogens is 559 g/mol. The third-order valence-electron chi connectivity index (χ3n) is 7.25. The SMILES string of the molecule is FC(F)(F)Oc1ccc(N(CCN2CCOCC2)c2cc(NCCCN3CCOCC3)c3cccc(Cl)c3n2)cc1. The number of aromatic nitrogens is 1. The van der Waals surface area contributed by atoms with Crippen LogP contribution in [0.4, 0.5) is 30.4 Å². The Morgan fingerprint density at radius 3 is 2.24 bits per heavy atom. The second-order valence-electron chi connectivity index (χ2n) is 10.0. The van der Waals surface area contributed by atoms with Gasteiger partial charge >= 0.3 is 6.36 Å². The van der Waals surface area contributed by atoms with Gasteiger partial charge in [-0.05, 0) is 43.3 Å². The van der Waals surface area contributed by atoms with E-state index < -0.39 is 6.36 Å². The number of nitrogens with one attached hydrogen (secondary N) is 1. The average Bonchev–Trinajstić information content (AvgIpc) is 2.97. The first kappa shape index (κ1) is 29.7. The molecule has 0 radical (unpaired) electrons. The number of halogens is 4. The number of pyridine rings is 1. The fourth-order valence-corrected chi connectivity index (χ4v) is 5.32. The van der Waals surface area contributed by atoms with Crippen LogP contribution in [-0.4, -0.2) is 99.9 Å². The van der Waals surface area contributed by atoms with Crippen molar-refractivity contribution in [1.29, 1.82) is 0 Å². The van der Waals surface area contributed by atoms with Crippen LogP contribution in [0.2, 0.25) is 5.02 Å². The maximum atomic E-state index is 12.8. The lowest BCUT2D eigenvalue weighted by Gasteiger charge is -2.31. The number of hydrogen-bond acceptors (Lipinski definition) is 8. The summed E-state index contributed by atoms with van der Waals surface area (Å²) in [6, 6.07) is 13.6. The predicted octanol–water partition coefficient (Wildman–Crippen LogP) is 5.39. The van der Waals surface area contributed by atoms with Crippen LogP contribution in [0.15, 0.2) is 48.5 Å². The van der Waals surface area contributed by atoms with Crippen LogP contribution < -0.4 is 15.0 Å². The van der Waals surface area contributed by atoms with E-state index in [4.69, 9.17) is 26.1 Å². The molecule has 0 atom stereocenters. The highest BCUT2D eigenvalue weighted by Crippen LogP contribution is 2.35. The smallest absolute Gasteiger partial charge is 0.406 e. The lowest BCUT2D eigenvalue weighted by molar-refractivity contribution is -0.274. The number of hydrogen-bond donors (Lipinski definition) is 1. The third-order valence-corrected chi connectivity index (χ3v) is 7.55. The zero-order valence-electron chi connectivity index (χ0n) is 22.8. The molecule has 41 heavy (non-hydrogen) atoms. The molecule has 0 spiro atoms. The second kappa shape index (κ2) is 13.9. The number of morpholine rings is 2. The minimum Gasteiger partial charge on any atom is -0.406 e. The van der Waals surface area contributed by atoms with E-state index in [9.17, 15) is 13.2 Å². The highest BCUT2D eigenvalue weighted by atomic mass is 35.5. The van der Waals surface area contributed by atoms with E-state index >= 15 is 0 Å². The average molecular weight is 594 g/mol. The fourth-order valence-electron chi connectivity index (χ4n) is 5.10. The van der Waals surface area contributed by atoms with Crippen molar-refractivity contribution in [3.05, 3.63) is 53.6 Å². The Hall–Kier alpha value is -2.83. The summed E-state index contributed by atoms with van der Waals surface area (Å²) in [5, 5.41) is 5.03. The molecule has 2 aromatic carbocycles. The largest absolute Gasteiger partial charge is 0.573 e. The number of benzene rings is 2. The van der Waals surface area contributed by atoms with Crippen molar-refractivity contribution < 1.29 is 27.4 Å². The molecule has 2 aliphatic rings. The molecular formula is C29H35ClF3N5O3. The van der Waals surface area contributed by atoms with E-state index in [1.54, 1.807) is 12.1 Å². The summed E-state index contributed by atoms with van der Waals surface area (Å²) in [5.74, 6) is 0.380. The van der Waals surface area contributed by atoms with Crippen LogP contribution in [0.25, 0.3) is 10.9 Å². The van der Waals surface area contributed by atoms with Crippen molar-refractivity contribution in [3.63, 3.8) is 0 Å². The molecule has 3 aromatic rings. The summed E-state index contributed by atoms with van der Waals surface area (Å²) in [6.07, 6.45) is -3.79. The molecule has 5 rings (SSSR count). The molecule has 0 aliphatic carbocycles. The zero-order valence-corrected chi connectivity index (χ0v) is 23.6. The van der Waals surface area contributed by atoms with Gasteiger partial charge < -0.3 is 24.4 Å². The summed E-state index contributed by atoms with van der Waals surface area (Å²) in [4.78, 5) is 11.6. The van der Waals surface area contributed by atoms with Gasteiger partial charge in [0.25, 0.3) is 0 Å². The zero-order chi connectivity index (χ0) is 28.7. The number of para-hydroxylation sites is 1. The highest BCUT2D eigenvalue weighted by Gasteiger charge is 2.31. The van der Waals surface area contributed by atoms with E-state index in [2.05, 4.69) is 19.9 Å². The van der Waals surface area contributed by atoms with Gasteiger partial charge in [0.2, 0.25) is 0 Å². The first-order chi connectivity index (χ1) is 19.9. The number of ether oxygens (including phenoxy) is 3. The number of nitrogens with zero attached hydrogens (tertiary/aromatic N) is 4. The first-order valence-corrected chi connectivity index (χ1v) is 14.3. The number of rotatable bonds is 11. The highest BCUT2D eigenvalue weighted by molar-refractivity contribution is 6.35. The number of alkyl halides is 3. The number of fused-ring (bicyclic) bond motifs is 1. The van der Waals surface area contributed by atoms with Gasteiger partial charge in [0.05, 0.1) is 37.0 Å². The Balaban J connectivity index is 1.41. The summed E-state index contributed by atoms with van der Waals surface area (Å²) in [6.45, 7) is 9.46. The number of anilines is 3. The van der Waals surface area contributed by atoms with Crippen LogP contribution in [0.3, 0.4) is 0 Å². The van der Waals surface area contributed by atoms with Crippen LogP contribution in [0.5, 0.6) is 5.75 Å². The lowest BCUT2D eigenvalue weighted by atomic mass is 10.1. The van der Waals surface area contributed by atoms with E-state index in [1.165, 1.54) is 12.1 Å². The summed E-state index contributed by atoms with van der Waals surface area (Å²) < 4.78 is 53.3. The maximum Gasteiger partial charge on any atom is 0.573 e. The molecule has 0 unspecified atom stereocenters. The van der Waals surface area contributed by atoms with Crippen LogP contribution in [0.1, 0.15) is 6.42 Å². The van der Waals surface area contributed by atoms with Gasteiger partial charge in [0.15, 0.2) is 0 Å². The van der Waals surface area contributed by atoms with Crippen LogP contribution >= 0.6 is 11.6 Å². The van der Waals surface area contributed by atoms with Gasteiger partial charge in [-0.1, -0.05) is 23.7 Å². The van der Waals surface area contributed by atoms with Crippen molar-refractivity contribution in [2.24, 2.45) is 0 Å². The van der Waals surface area contributed by atoms with Gasteiger partial charge in [0.1, 0.15) is 11.6 Å². The van der Waals surface area contributed by atoms with E-state index in [-0.39, 0.29) is 5.75 Å². The molecule has 0 saturated carbocycles. The fraction of sp³-hybridized carbons (Fsp3) is 0.483. The predicted molar refractivity (Wildman–Crippen MR) is 155 cm³/mol. The second-order valence-corrected chi connectivity index (χ2v) is 10.5. The Bertz CT molecular complexity index is 1270. The summed E-state index contributed by atoms with van der Waals surface area (Å²) in [7, 11) is 0. The van der Waals surface area contributed by atoms with E-state index in [0.717, 1.165) is 76.5 Å². The minimum absolute atomic E-state index is 0.272. The van der Waals surface area contributed by atoms with Crippen molar-refractivity contribution in [3.8, 4) is 5.75 Å². The Morgan fingerprint density at radius 1 is 0.927 bits per heavy atom. The summed E-state index contributed by atoms with van der Waals surface area (Å²) in [5.41, 5.74) is 2.27. The summed E-state index contributed by atoms with van der Waals surface area (Å²) >= 11 is 6.62. The van der Waals surface area contributed by atoms with Gasteiger partial charge in [-0.2, -0.15) is 0 Å². The Labute approximate surface area is 242 Å². The first-order valence-electron chi connectivity index (χ1n) is 13.9. The van der Waals surface area contributed by atoms with Gasteiger partial charge in [0, 0.05) is 68.6 Å². The molecule has 0 bridgehead atoms. The molecule has 2 saturated heterocycles. The maximum absolute atomic E-state index is 12.8. The Kier molecular flexibility index (Phi) is 10.0. The van der Waals surface area contributed by atoms with Crippen LogP contribution in [-0.2, 0) is 9.47 Å². The van der Waals surface area contributed by atoms with Gasteiger partial charge in [-0.15, -0.1) is 13.2 Å². The van der Waals surface area contributed by atoms with Crippen LogP contribution in [0, 0.1) is 0 Å².